The molecule has 0 heterocycles. The minimum Gasteiger partial charge on any atom is -0.317 e. The molecule has 1 N–H and O–H groups in total. The Hall–Kier alpha value is -1.02. The van der Waals surface area contributed by atoms with Crippen molar-refractivity contribution in [3.05, 3.63) is 69.2 Å². The van der Waals surface area contributed by atoms with E-state index in [0.717, 1.165) is 34.9 Å². The molecular formula is C18H21Cl2N. The van der Waals surface area contributed by atoms with Crippen LogP contribution in [-0.2, 0) is 12.8 Å². The van der Waals surface area contributed by atoms with E-state index in [-0.39, 0.29) is 0 Å². The van der Waals surface area contributed by atoms with Crippen molar-refractivity contribution in [3.8, 4) is 0 Å². The Bertz CT molecular complexity index is 558. The lowest BCUT2D eigenvalue weighted by molar-refractivity contribution is 0.520. The number of nitrogens with one attached hydrogen (secondary N) is 1. The van der Waals surface area contributed by atoms with E-state index < -0.39 is 0 Å². The number of aryl methyl sites for hydroxylation is 2. The summed E-state index contributed by atoms with van der Waals surface area (Å²) >= 11 is 12.5. The largest absolute Gasteiger partial charge is 0.317 e. The minimum atomic E-state index is 0.365. The molecule has 0 amide bonds. The van der Waals surface area contributed by atoms with Gasteiger partial charge in [0.15, 0.2) is 0 Å². The third-order valence-electron chi connectivity index (χ3n) is 3.82. The average molecular weight is 322 g/mol. The predicted molar refractivity (Wildman–Crippen MR) is 92.5 cm³/mol. The molecule has 0 aliphatic rings. The van der Waals surface area contributed by atoms with Gasteiger partial charge in [0, 0.05) is 16.1 Å². The van der Waals surface area contributed by atoms with Crippen molar-refractivity contribution in [2.75, 3.05) is 7.05 Å². The second-order valence-electron chi connectivity index (χ2n) is 5.41. The van der Waals surface area contributed by atoms with E-state index in [1.807, 2.05) is 25.2 Å². The zero-order valence-corrected chi connectivity index (χ0v) is 14.0. The van der Waals surface area contributed by atoms with Gasteiger partial charge in [-0.15, -0.1) is 0 Å². The van der Waals surface area contributed by atoms with Gasteiger partial charge in [0.25, 0.3) is 0 Å². The molecule has 0 spiro atoms. The topological polar surface area (TPSA) is 12.0 Å². The molecule has 0 aromatic heterocycles. The van der Waals surface area contributed by atoms with Gasteiger partial charge in [-0.05, 0) is 56.5 Å². The Morgan fingerprint density at radius 2 is 1.62 bits per heavy atom. The van der Waals surface area contributed by atoms with Crippen LogP contribution in [-0.4, -0.2) is 13.1 Å². The van der Waals surface area contributed by atoms with Crippen LogP contribution in [0.2, 0.25) is 10.0 Å². The van der Waals surface area contributed by atoms with Gasteiger partial charge in [0.05, 0.1) is 0 Å². The van der Waals surface area contributed by atoms with Crippen molar-refractivity contribution in [1.82, 2.24) is 5.32 Å². The van der Waals surface area contributed by atoms with E-state index in [4.69, 9.17) is 23.2 Å². The first-order chi connectivity index (χ1) is 10.1. The lowest BCUT2D eigenvalue weighted by atomic mass is 9.98. The summed E-state index contributed by atoms with van der Waals surface area (Å²) in [6.45, 7) is 2.11. The van der Waals surface area contributed by atoms with E-state index in [0.29, 0.717) is 6.04 Å². The summed E-state index contributed by atoms with van der Waals surface area (Å²) in [7, 11) is 1.99. The van der Waals surface area contributed by atoms with Gasteiger partial charge >= 0.3 is 0 Å². The molecule has 1 nitrogen and oxygen atoms in total. The third kappa shape index (κ3) is 4.74. The fraction of sp³-hybridized carbons (Fsp3) is 0.333. The van der Waals surface area contributed by atoms with Crippen LogP contribution in [0.5, 0.6) is 0 Å². The Morgan fingerprint density at radius 3 is 2.19 bits per heavy atom. The monoisotopic (exact) mass is 321 g/mol. The molecule has 0 saturated carbocycles. The van der Waals surface area contributed by atoms with Gasteiger partial charge in [-0.3, -0.25) is 0 Å². The predicted octanol–water partition coefficient (Wildman–Crippen LogP) is 5.07. The summed E-state index contributed by atoms with van der Waals surface area (Å²) in [6, 6.07) is 14.8. The fourth-order valence-electron chi connectivity index (χ4n) is 2.42. The molecule has 0 bridgehead atoms. The lowest BCUT2D eigenvalue weighted by Gasteiger charge is -2.18. The van der Waals surface area contributed by atoms with Crippen LogP contribution in [0.15, 0.2) is 42.5 Å². The molecule has 1 unspecified atom stereocenters. The number of hydrogen-bond donors (Lipinski definition) is 1. The molecular weight excluding hydrogens is 301 g/mol. The molecule has 3 heteroatoms. The second-order valence-corrected chi connectivity index (χ2v) is 6.23. The van der Waals surface area contributed by atoms with Crippen molar-refractivity contribution in [2.45, 2.75) is 32.2 Å². The second kappa shape index (κ2) is 7.84. The van der Waals surface area contributed by atoms with Crippen molar-refractivity contribution in [1.29, 1.82) is 0 Å². The SMILES string of the molecule is CNC(CCc1ccc(C)cc1)Cc1c(Cl)cccc1Cl. The Labute approximate surface area is 137 Å². The molecule has 2 rings (SSSR count). The molecule has 0 radical (unpaired) electrons. The standard InChI is InChI=1S/C18H21Cl2N/c1-13-6-8-14(9-7-13)10-11-15(21-2)12-16-17(19)4-3-5-18(16)20/h3-9,15,21H,10-12H2,1-2H3. The van der Waals surface area contributed by atoms with E-state index in [1.54, 1.807) is 0 Å². The Kier molecular flexibility index (Phi) is 6.10. The maximum atomic E-state index is 6.25. The van der Waals surface area contributed by atoms with Crippen molar-refractivity contribution >= 4 is 23.2 Å². The number of benzene rings is 2. The van der Waals surface area contributed by atoms with Crippen LogP contribution in [0.4, 0.5) is 0 Å². The maximum Gasteiger partial charge on any atom is 0.0453 e. The molecule has 2 aromatic rings. The summed E-state index contributed by atoms with van der Waals surface area (Å²) in [5.74, 6) is 0. The Morgan fingerprint density at radius 1 is 1.00 bits per heavy atom. The molecule has 0 aliphatic carbocycles. The van der Waals surface area contributed by atoms with Gasteiger partial charge in [0.1, 0.15) is 0 Å². The first-order valence-corrected chi connectivity index (χ1v) is 8.01. The van der Waals surface area contributed by atoms with Crippen LogP contribution in [0.1, 0.15) is 23.1 Å². The van der Waals surface area contributed by atoms with Crippen LogP contribution in [0.3, 0.4) is 0 Å². The van der Waals surface area contributed by atoms with Crippen molar-refractivity contribution in [2.24, 2.45) is 0 Å². The molecule has 0 saturated heterocycles. The highest BCUT2D eigenvalue weighted by Crippen LogP contribution is 2.26. The summed E-state index contributed by atoms with van der Waals surface area (Å²) in [4.78, 5) is 0. The minimum absolute atomic E-state index is 0.365. The van der Waals surface area contributed by atoms with E-state index >= 15 is 0 Å². The van der Waals surface area contributed by atoms with Gasteiger partial charge in [-0.25, -0.2) is 0 Å². The Balaban J connectivity index is 1.98. The third-order valence-corrected chi connectivity index (χ3v) is 4.53. The first kappa shape index (κ1) is 16.4. The van der Waals surface area contributed by atoms with Crippen LogP contribution >= 0.6 is 23.2 Å². The quantitative estimate of drug-likeness (QED) is 0.783. The van der Waals surface area contributed by atoms with Crippen LogP contribution in [0.25, 0.3) is 0 Å². The lowest BCUT2D eigenvalue weighted by Crippen LogP contribution is -2.28. The van der Waals surface area contributed by atoms with Crippen LogP contribution in [0, 0.1) is 6.92 Å². The molecule has 0 aliphatic heterocycles. The molecule has 2 aromatic carbocycles. The number of likely N-dealkylation sites (N-methyl/N-ethyl adjacent to an activating group) is 1. The van der Waals surface area contributed by atoms with E-state index in [9.17, 15) is 0 Å². The first-order valence-electron chi connectivity index (χ1n) is 7.26. The van der Waals surface area contributed by atoms with Gasteiger partial charge < -0.3 is 5.32 Å². The summed E-state index contributed by atoms with van der Waals surface area (Å²) in [5.41, 5.74) is 3.70. The van der Waals surface area contributed by atoms with Crippen LogP contribution < -0.4 is 5.32 Å². The van der Waals surface area contributed by atoms with E-state index in [2.05, 4.69) is 36.5 Å². The maximum absolute atomic E-state index is 6.25. The molecule has 21 heavy (non-hydrogen) atoms. The van der Waals surface area contributed by atoms with Gasteiger partial charge in [-0.2, -0.15) is 0 Å². The van der Waals surface area contributed by atoms with Gasteiger partial charge in [-0.1, -0.05) is 59.1 Å². The molecule has 112 valence electrons. The van der Waals surface area contributed by atoms with Crippen molar-refractivity contribution < 1.29 is 0 Å². The summed E-state index contributed by atoms with van der Waals surface area (Å²) < 4.78 is 0. The fourth-order valence-corrected chi connectivity index (χ4v) is 2.97. The van der Waals surface area contributed by atoms with E-state index in [1.165, 1.54) is 11.1 Å². The smallest absolute Gasteiger partial charge is 0.0453 e. The normalized spacial score (nSPS) is 12.4. The summed E-state index contributed by atoms with van der Waals surface area (Å²) in [6.07, 6.45) is 2.95. The molecule has 1 atom stereocenters. The highest BCUT2D eigenvalue weighted by atomic mass is 35.5. The number of hydrogen-bond acceptors (Lipinski definition) is 1. The number of rotatable bonds is 6. The average Bonchev–Trinajstić information content (AvgIpc) is 2.48. The summed E-state index contributed by atoms with van der Waals surface area (Å²) in [5, 5.41) is 4.87. The zero-order valence-electron chi connectivity index (χ0n) is 12.5. The number of halogens is 2. The molecule has 0 fully saturated rings. The highest BCUT2D eigenvalue weighted by molar-refractivity contribution is 6.36. The van der Waals surface area contributed by atoms with Gasteiger partial charge in [0.2, 0.25) is 0 Å². The zero-order chi connectivity index (χ0) is 15.2. The highest BCUT2D eigenvalue weighted by Gasteiger charge is 2.12. The van der Waals surface area contributed by atoms with Crippen molar-refractivity contribution in [3.63, 3.8) is 0 Å².